The van der Waals surface area contributed by atoms with Crippen LogP contribution in [0.1, 0.15) is 17.2 Å². The van der Waals surface area contributed by atoms with Gasteiger partial charge >= 0.3 is 0 Å². The Kier molecular flexibility index (Phi) is 6.29. The van der Waals surface area contributed by atoms with Crippen molar-refractivity contribution in [3.63, 3.8) is 0 Å². The molecule has 0 fully saturated rings. The Bertz CT molecular complexity index is 1490. The molecule has 0 saturated carbocycles. The molecule has 0 aliphatic carbocycles. The molecule has 5 rings (SSSR count). The van der Waals surface area contributed by atoms with Gasteiger partial charge in [0.2, 0.25) is 0 Å². The first-order valence-corrected chi connectivity index (χ1v) is 11.3. The second-order valence-corrected chi connectivity index (χ2v) is 8.54. The number of benzene rings is 3. The fraction of sp³-hybridized carbons (Fsp3) is 0.0400. The van der Waals surface area contributed by atoms with E-state index >= 15 is 0 Å². The number of pyridine rings is 1. The molecule has 7 nitrogen and oxygen atoms in total. The minimum atomic E-state index is -0.619. The summed E-state index contributed by atoms with van der Waals surface area (Å²) in [5.74, 6) is -0.619. The van der Waals surface area contributed by atoms with Gasteiger partial charge in [0.1, 0.15) is 6.07 Å². The number of anilines is 3. The molecule has 4 aromatic rings. The zero-order valence-corrected chi connectivity index (χ0v) is 19.5. The van der Waals surface area contributed by atoms with Crippen LogP contribution in [0, 0.1) is 17.1 Å². The first kappa shape index (κ1) is 22.7. The number of nitrogens with zero attached hydrogens (tertiary/aromatic N) is 2. The first-order chi connectivity index (χ1) is 17.0. The number of fused-ring (bicyclic) bond motifs is 1. The van der Waals surface area contributed by atoms with Crippen LogP contribution in [-0.2, 0) is 0 Å². The highest BCUT2D eigenvalue weighted by Crippen LogP contribution is 2.37. The predicted molar refractivity (Wildman–Crippen MR) is 136 cm³/mol. The first-order valence-electron chi connectivity index (χ1n) is 10.6. The summed E-state index contributed by atoms with van der Waals surface area (Å²) in [6.45, 7) is 0. The summed E-state index contributed by atoms with van der Waals surface area (Å²) in [6.07, 6.45) is 3.22. The number of hydrogen-bond donors (Lipinski definition) is 5. The Labute approximate surface area is 210 Å². The highest BCUT2D eigenvalue weighted by atomic mass is 35.5. The van der Waals surface area contributed by atoms with E-state index in [1.165, 1.54) is 12.3 Å². The molecule has 0 unspecified atom stereocenters. The second kappa shape index (κ2) is 9.68. The molecule has 0 bridgehead atoms. The van der Waals surface area contributed by atoms with Crippen LogP contribution in [0.2, 0.25) is 10.0 Å². The summed E-state index contributed by atoms with van der Waals surface area (Å²) in [5, 5.41) is 17.1. The molecule has 1 aromatic heterocycles. The molecule has 0 saturated heterocycles. The van der Waals surface area contributed by atoms with Gasteiger partial charge in [-0.05, 0) is 29.8 Å². The van der Waals surface area contributed by atoms with Crippen LogP contribution in [0.25, 0.3) is 10.9 Å². The van der Waals surface area contributed by atoms with Crippen LogP contribution in [-0.4, -0.2) is 4.98 Å². The van der Waals surface area contributed by atoms with Crippen LogP contribution < -0.4 is 27.0 Å². The molecule has 10 heteroatoms. The lowest BCUT2D eigenvalue weighted by Crippen LogP contribution is -2.33. The zero-order valence-electron chi connectivity index (χ0n) is 18.0. The number of halogens is 3. The quantitative estimate of drug-likeness (QED) is 0.222. The monoisotopic (exact) mass is 505 g/mol. The molecule has 174 valence electrons. The van der Waals surface area contributed by atoms with Crippen molar-refractivity contribution in [2.45, 2.75) is 6.04 Å². The van der Waals surface area contributed by atoms with Gasteiger partial charge in [0.05, 0.1) is 44.2 Å². The average molecular weight is 506 g/mol. The Balaban J connectivity index is 1.62. The Morgan fingerprint density at radius 1 is 1.03 bits per heavy atom. The summed E-state index contributed by atoms with van der Waals surface area (Å²) < 4.78 is 14.7. The van der Waals surface area contributed by atoms with Crippen LogP contribution in [0.3, 0.4) is 0 Å². The van der Waals surface area contributed by atoms with Crippen molar-refractivity contribution in [1.82, 2.24) is 21.4 Å². The maximum absolute atomic E-state index is 14.7. The lowest BCUT2D eigenvalue weighted by molar-refractivity contribution is 0.583. The van der Waals surface area contributed by atoms with E-state index in [2.05, 4.69) is 38.1 Å². The fourth-order valence-corrected chi connectivity index (χ4v) is 4.31. The smallest absolute Gasteiger partial charge is 0.165 e. The van der Waals surface area contributed by atoms with E-state index in [9.17, 15) is 9.65 Å². The standard InChI is InChI=1S/C25H18Cl2FN7/c26-18-7-4-8-20(22(18)28)33-23-15(11-29)12-30-25-17(23)9-16(10-19(25)27)32-24(21-13-31-35-34-21)14-5-2-1-3-6-14/h1-10,12-13,24,31-32,34-35H,(H,30,33)/t24-/m0/s1. The summed E-state index contributed by atoms with van der Waals surface area (Å²) in [6, 6.07) is 19.9. The predicted octanol–water partition coefficient (Wildman–Crippen LogP) is 5.90. The number of hydrogen-bond acceptors (Lipinski definition) is 7. The summed E-state index contributed by atoms with van der Waals surface area (Å²) in [5.41, 5.74) is 12.6. The molecule has 1 atom stereocenters. The maximum atomic E-state index is 14.7. The maximum Gasteiger partial charge on any atom is 0.165 e. The lowest BCUT2D eigenvalue weighted by atomic mass is 10.0. The molecule has 2 heterocycles. The van der Waals surface area contributed by atoms with E-state index in [1.807, 2.05) is 42.6 Å². The molecule has 3 aromatic carbocycles. The number of nitrogens with one attached hydrogen (secondary N) is 5. The highest BCUT2D eigenvalue weighted by molar-refractivity contribution is 6.36. The third-order valence-corrected chi connectivity index (χ3v) is 6.10. The van der Waals surface area contributed by atoms with Crippen molar-refractivity contribution in [2.75, 3.05) is 10.6 Å². The van der Waals surface area contributed by atoms with E-state index < -0.39 is 5.82 Å². The molecule has 0 radical (unpaired) electrons. The number of hydrazine groups is 2. The van der Waals surface area contributed by atoms with Crippen LogP contribution in [0.15, 0.2) is 78.8 Å². The van der Waals surface area contributed by atoms with Gasteiger partial charge in [0, 0.05) is 23.5 Å². The minimum Gasteiger partial charge on any atom is -0.373 e. The van der Waals surface area contributed by atoms with Gasteiger partial charge in [-0.3, -0.25) is 4.98 Å². The Hall–Kier alpha value is -4.03. The van der Waals surface area contributed by atoms with Crippen molar-refractivity contribution in [1.29, 1.82) is 5.26 Å². The summed E-state index contributed by atoms with van der Waals surface area (Å²) in [4.78, 5) is 4.36. The van der Waals surface area contributed by atoms with Crippen LogP contribution in [0.5, 0.6) is 0 Å². The average Bonchev–Trinajstić information content (AvgIpc) is 3.41. The van der Waals surface area contributed by atoms with Crippen molar-refractivity contribution >= 4 is 51.2 Å². The fourth-order valence-electron chi connectivity index (χ4n) is 3.86. The van der Waals surface area contributed by atoms with E-state index in [-0.39, 0.29) is 22.3 Å². The summed E-state index contributed by atoms with van der Waals surface area (Å²) >= 11 is 12.6. The Morgan fingerprint density at radius 2 is 1.86 bits per heavy atom. The van der Waals surface area contributed by atoms with Crippen molar-refractivity contribution in [3.8, 4) is 6.07 Å². The van der Waals surface area contributed by atoms with Gasteiger partial charge < -0.3 is 21.5 Å². The van der Waals surface area contributed by atoms with Crippen LogP contribution >= 0.6 is 23.2 Å². The number of rotatable bonds is 6. The lowest BCUT2D eigenvalue weighted by Gasteiger charge is -2.22. The minimum absolute atomic E-state index is 0.0301. The SMILES string of the molecule is N#Cc1cnc2c(Cl)cc(N[C@H](C3=CNNN3)c3ccccc3)cc2c1Nc1cccc(Cl)c1F. The number of aromatic nitrogens is 1. The van der Waals surface area contributed by atoms with Gasteiger partial charge in [-0.2, -0.15) is 10.8 Å². The van der Waals surface area contributed by atoms with Gasteiger partial charge in [0.25, 0.3) is 0 Å². The van der Waals surface area contributed by atoms with Gasteiger partial charge in [-0.15, -0.1) is 0 Å². The largest absolute Gasteiger partial charge is 0.373 e. The van der Waals surface area contributed by atoms with E-state index in [0.717, 1.165) is 11.3 Å². The van der Waals surface area contributed by atoms with E-state index in [4.69, 9.17) is 23.2 Å². The van der Waals surface area contributed by atoms with Crippen molar-refractivity contribution in [3.05, 3.63) is 106 Å². The normalized spacial score (nSPS) is 13.4. The third kappa shape index (κ3) is 4.53. The third-order valence-electron chi connectivity index (χ3n) is 5.52. The molecule has 0 spiro atoms. The second-order valence-electron chi connectivity index (χ2n) is 7.72. The van der Waals surface area contributed by atoms with E-state index in [0.29, 0.717) is 27.3 Å². The van der Waals surface area contributed by atoms with Gasteiger partial charge in [-0.1, -0.05) is 59.6 Å². The molecule has 35 heavy (non-hydrogen) atoms. The van der Waals surface area contributed by atoms with Crippen molar-refractivity contribution < 1.29 is 4.39 Å². The molecule has 1 aliphatic rings. The molecule has 0 amide bonds. The topological polar surface area (TPSA) is 96.8 Å². The summed E-state index contributed by atoms with van der Waals surface area (Å²) in [7, 11) is 0. The van der Waals surface area contributed by atoms with E-state index in [1.54, 1.807) is 18.2 Å². The van der Waals surface area contributed by atoms with Gasteiger partial charge in [-0.25, -0.2) is 4.39 Å². The molecule has 5 N–H and O–H groups in total. The Morgan fingerprint density at radius 3 is 2.60 bits per heavy atom. The molecule has 1 aliphatic heterocycles. The van der Waals surface area contributed by atoms with Gasteiger partial charge in [0.15, 0.2) is 5.82 Å². The highest BCUT2D eigenvalue weighted by Gasteiger charge is 2.21. The number of nitriles is 1. The molecular formula is C25H18Cl2FN7. The molecular weight excluding hydrogens is 488 g/mol. The van der Waals surface area contributed by atoms with Crippen molar-refractivity contribution in [2.24, 2.45) is 0 Å². The zero-order chi connectivity index (χ0) is 24.4. The van der Waals surface area contributed by atoms with Crippen LogP contribution in [0.4, 0.5) is 21.5 Å².